The lowest BCUT2D eigenvalue weighted by Crippen LogP contribution is -2.06. The standard InChI is InChI=1S/C15H13N3O2/c1-8-12(9-4-2-3-5-11(9)18-8)10-6-7-17-14(16)13(10)15(19)20/h2-7,18H,1H3,(H2,16,17)(H,19,20). The molecule has 0 atom stereocenters. The third-order valence-electron chi connectivity index (χ3n) is 3.36. The van der Waals surface area contributed by atoms with Gasteiger partial charge in [-0.25, -0.2) is 9.78 Å². The van der Waals surface area contributed by atoms with Crippen molar-refractivity contribution in [3.05, 3.63) is 47.8 Å². The smallest absolute Gasteiger partial charge is 0.340 e. The van der Waals surface area contributed by atoms with Crippen LogP contribution in [-0.2, 0) is 0 Å². The number of carboxylic acids is 1. The van der Waals surface area contributed by atoms with Crippen LogP contribution in [0.2, 0.25) is 0 Å². The van der Waals surface area contributed by atoms with Gasteiger partial charge in [-0.05, 0) is 19.1 Å². The Labute approximate surface area is 115 Å². The minimum atomic E-state index is -1.07. The number of anilines is 1. The molecule has 0 saturated carbocycles. The first-order valence-corrected chi connectivity index (χ1v) is 6.15. The fourth-order valence-electron chi connectivity index (χ4n) is 2.53. The van der Waals surface area contributed by atoms with Gasteiger partial charge in [-0.1, -0.05) is 18.2 Å². The predicted octanol–water partition coefficient (Wildman–Crippen LogP) is 2.82. The van der Waals surface area contributed by atoms with Gasteiger partial charge in [-0.3, -0.25) is 0 Å². The van der Waals surface area contributed by atoms with E-state index in [0.717, 1.165) is 22.2 Å². The number of aromatic carboxylic acids is 1. The second-order valence-electron chi connectivity index (χ2n) is 4.59. The Morgan fingerprint density at radius 2 is 2.05 bits per heavy atom. The summed E-state index contributed by atoms with van der Waals surface area (Å²) in [6, 6.07) is 9.45. The van der Waals surface area contributed by atoms with Gasteiger partial charge < -0.3 is 15.8 Å². The van der Waals surface area contributed by atoms with Crippen LogP contribution in [-0.4, -0.2) is 21.0 Å². The van der Waals surface area contributed by atoms with Crippen LogP contribution in [0.1, 0.15) is 16.1 Å². The molecule has 1 aromatic carbocycles. The maximum atomic E-state index is 11.5. The van der Waals surface area contributed by atoms with Gasteiger partial charge in [0.15, 0.2) is 0 Å². The summed E-state index contributed by atoms with van der Waals surface area (Å²) >= 11 is 0. The Morgan fingerprint density at radius 3 is 2.80 bits per heavy atom. The number of H-pyrrole nitrogens is 1. The Bertz CT molecular complexity index is 821. The highest BCUT2D eigenvalue weighted by Crippen LogP contribution is 2.35. The minimum absolute atomic E-state index is 0.0275. The molecule has 20 heavy (non-hydrogen) atoms. The number of rotatable bonds is 2. The Hall–Kier alpha value is -2.82. The Balaban J connectivity index is 2.40. The lowest BCUT2D eigenvalue weighted by atomic mass is 9.98. The molecule has 0 fully saturated rings. The van der Waals surface area contributed by atoms with Crippen LogP contribution >= 0.6 is 0 Å². The van der Waals surface area contributed by atoms with Gasteiger partial charge >= 0.3 is 5.97 Å². The summed E-state index contributed by atoms with van der Waals surface area (Å²) in [6.45, 7) is 1.91. The van der Waals surface area contributed by atoms with E-state index >= 15 is 0 Å². The maximum Gasteiger partial charge on any atom is 0.340 e. The zero-order valence-corrected chi connectivity index (χ0v) is 10.8. The molecule has 0 bridgehead atoms. The van der Waals surface area contributed by atoms with Crippen molar-refractivity contribution in [1.29, 1.82) is 0 Å². The number of aromatic amines is 1. The van der Waals surface area contributed by atoms with E-state index in [-0.39, 0.29) is 11.4 Å². The zero-order valence-electron chi connectivity index (χ0n) is 10.8. The van der Waals surface area contributed by atoms with Crippen LogP contribution in [0.15, 0.2) is 36.5 Å². The van der Waals surface area contributed by atoms with Gasteiger partial charge in [0.25, 0.3) is 0 Å². The van der Waals surface area contributed by atoms with E-state index in [4.69, 9.17) is 5.73 Å². The lowest BCUT2D eigenvalue weighted by Gasteiger charge is -2.08. The van der Waals surface area contributed by atoms with Crippen molar-refractivity contribution in [2.75, 3.05) is 5.73 Å². The second-order valence-corrected chi connectivity index (χ2v) is 4.59. The first kappa shape index (κ1) is 12.2. The molecule has 5 heteroatoms. The highest BCUT2D eigenvalue weighted by molar-refractivity contribution is 6.06. The zero-order chi connectivity index (χ0) is 14.3. The number of fused-ring (bicyclic) bond motifs is 1. The SMILES string of the molecule is Cc1[nH]c2ccccc2c1-c1ccnc(N)c1C(=O)O. The van der Waals surface area contributed by atoms with Crippen LogP contribution < -0.4 is 5.73 Å². The van der Waals surface area contributed by atoms with Crippen LogP contribution in [0.25, 0.3) is 22.0 Å². The number of aromatic nitrogens is 2. The molecule has 0 spiro atoms. The van der Waals surface area contributed by atoms with Crippen LogP contribution in [0.5, 0.6) is 0 Å². The van der Waals surface area contributed by atoms with E-state index in [1.165, 1.54) is 6.20 Å². The van der Waals surface area contributed by atoms with Crippen molar-refractivity contribution in [2.45, 2.75) is 6.92 Å². The highest BCUT2D eigenvalue weighted by Gasteiger charge is 2.20. The molecule has 2 aromatic heterocycles. The molecule has 100 valence electrons. The molecule has 0 radical (unpaired) electrons. The molecule has 4 N–H and O–H groups in total. The summed E-state index contributed by atoms with van der Waals surface area (Å²) in [4.78, 5) is 18.6. The summed E-state index contributed by atoms with van der Waals surface area (Å²) < 4.78 is 0. The fraction of sp³-hybridized carbons (Fsp3) is 0.0667. The third kappa shape index (κ3) is 1.72. The molecule has 3 aromatic rings. The van der Waals surface area contributed by atoms with E-state index in [1.54, 1.807) is 6.07 Å². The van der Waals surface area contributed by atoms with Gasteiger partial charge in [0.2, 0.25) is 0 Å². The second kappa shape index (κ2) is 4.38. The largest absolute Gasteiger partial charge is 0.478 e. The summed E-state index contributed by atoms with van der Waals surface area (Å²) in [5, 5.41) is 10.3. The number of para-hydroxylation sites is 1. The molecule has 0 saturated heterocycles. The van der Waals surface area contributed by atoms with Crippen molar-refractivity contribution in [3.63, 3.8) is 0 Å². The first-order valence-electron chi connectivity index (χ1n) is 6.15. The Kier molecular flexibility index (Phi) is 2.68. The molecule has 0 aliphatic carbocycles. The maximum absolute atomic E-state index is 11.5. The molecule has 5 nitrogen and oxygen atoms in total. The molecular weight excluding hydrogens is 254 g/mol. The van der Waals surface area contributed by atoms with Gasteiger partial charge in [0.05, 0.1) is 0 Å². The summed E-state index contributed by atoms with van der Waals surface area (Å²) in [5.41, 5.74) is 9.07. The fourth-order valence-corrected chi connectivity index (χ4v) is 2.53. The van der Waals surface area contributed by atoms with Crippen molar-refractivity contribution in [3.8, 4) is 11.1 Å². The average Bonchev–Trinajstić information content (AvgIpc) is 2.73. The summed E-state index contributed by atoms with van der Waals surface area (Å²) in [7, 11) is 0. The number of benzene rings is 1. The van der Waals surface area contributed by atoms with Crippen molar-refractivity contribution >= 4 is 22.7 Å². The minimum Gasteiger partial charge on any atom is -0.478 e. The van der Waals surface area contributed by atoms with Gasteiger partial charge in [0.1, 0.15) is 11.4 Å². The third-order valence-corrected chi connectivity index (χ3v) is 3.36. The molecule has 0 unspecified atom stereocenters. The molecular formula is C15H13N3O2. The van der Waals surface area contributed by atoms with Crippen LogP contribution in [0.4, 0.5) is 5.82 Å². The highest BCUT2D eigenvalue weighted by atomic mass is 16.4. The molecule has 3 rings (SSSR count). The van der Waals surface area contributed by atoms with Crippen molar-refractivity contribution in [1.82, 2.24) is 9.97 Å². The molecule has 2 heterocycles. The Morgan fingerprint density at radius 1 is 1.30 bits per heavy atom. The molecule has 0 aliphatic heterocycles. The topological polar surface area (TPSA) is 92.0 Å². The van der Waals surface area contributed by atoms with Crippen LogP contribution in [0.3, 0.4) is 0 Å². The van der Waals surface area contributed by atoms with E-state index < -0.39 is 5.97 Å². The van der Waals surface area contributed by atoms with E-state index in [0.29, 0.717) is 5.56 Å². The molecule has 0 amide bonds. The summed E-state index contributed by atoms with van der Waals surface area (Å²) in [6.07, 6.45) is 1.53. The number of hydrogen-bond donors (Lipinski definition) is 3. The average molecular weight is 267 g/mol. The normalized spacial score (nSPS) is 10.8. The molecule has 0 aliphatic rings. The monoisotopic (exact) mass is 267 g/mol. The quantitative estimate of drug-likeness (QED) is 0.665. The number of pyridine rings is 1. The number of nitrogens with two attached hydrogens (primary N) is 1. The number of nitrogen functional groups attached to an aromatic ring is 1. The van der Waals surface area contributed by atoms with Crippen molar-refractivity contribution in [2.24, 2.45) is 0 Å². The van der Waals surface area contributed by atoms with Gasteiger partial charge in [-0.15, -0.1) is 0 Å². The number of aryl methyl sites for hydroxylation is 1. The number of nitrogens with zero attached hydrogens (tertiary/aromatic N) is 1. The first-order chi connectivity index (χ1) is 9.59. The van der Waals surface area contributed by atoms with Crippen molar-refractivity contribution < 1.29 is 9.90 Å². The van der Waals surface area contributed by atoms with E-state index in [1.807, 2.05) is 31.2 Å². The number of carbonyl (C=O) groups is 1. The predicted molar refractivity (Wildman–Crippen MR) is 77.6 cm³/mol. The van der Waals surface area contributed by atoms with E-state index in [9.17, 15) is 9.90 Å². The number of hydrogen-bond acceptors (Lipinski definition) is 3. The number of nitrogens with one attached hydrogen (secondary N) is 1. The van der Waals surface area contributed by atoms with Gasteiger partial charge in [-0.2, -0.15) is 0 Å². The lowest BCUT2D eigenvalue weighted by molar-refractivity contribution is 0.0698. The number of carboxylic acid groups (broad SMARTS) is 1. The van der Waals surface area contributed by atoms with Crippen LogP contribution in [0, 0.1) is 6.92 Å². The van der Waals surface area contributed by atoms with E-state index in [2.05, 4.69) is 9.97 Å². The summed E-state index contributed by atoms with van der Waals surface area (Å²) in [5.74, 6) is -1.05. The van der Waals surface area contributed by atoms with Gasteiger partial charge in [0, 0.05) is 33.9 Å².